The summed E-state index contributed by atoms with van der Waals surface area (Å²) in [6, 6.07) is 0. The number of hydrogen-bond donors (Lipinski definition) is 1. The number of carbonyl (C=O) groups is 1. The van der Waals surface area contributed by atoms with Gasteiger partial charge in [0, 0.05) is 0 Å². The van der Waals surface area contributed by atoms with Crippen molar-refractivity contribution in [2.75, 3.05) is 0 Å². The van der Waals surface area contributed by atoms with Gasteiger partial charge in [-0.3, -0.25) is 4.79 Å². The van der Waals surface area contributed by atoms with Crippen LogP contribution in [0.2, 0.25) is 0 Å². The molecule has 0 aromatic rings. The van der Waals surface area contributed by atoms with Crippen molar-refractivity contribution in [2.45, 2.75) is 19.8 Å². The van der Waals surface area contributed by atoms with Gasteiger partial charge in [-0.25, -0.2) is 4.79 Å². The van der Waals surface area contributed by atoms with Crippen LogP contribution in [0.5, 0.6) is 0 Å². The Morgan fingerprint density at radius 3 is 2.33 bits per heavy atom. The van der Waals surface area contributed by atoms with Crippen molar-refractivity contribution in [3.8, 4) is 0 Å². The molecular formula is C6H9NO2. The quantitative estimate of drug-likeness (QED) is 0.429. The summed E-state index contributed by atoms with van der Waals surface area (Å²) in [4.78, 5) is 20.1. The van der Waals surface area contributed by atoms with Crippen molar-refractivity contribution >= 4 is 11.8 Å². The molecule has 9 heavy (non-hydrogen) atoms. The van der Waals surface area contributed by atoms with Crippen molar-refractivity contribution in [1.29, 1.82) is 0 Å². The molecule has 50 valence electrons. The average Bonchev–Trinajstić information content (AvgIpc) is 1.82. The summed E-state index contributed by atoms with van der Waals surface area (Å²) in [7, 11) is 0. The van der Waals surface area contributed by atoms with E-state index in [2.05, 4.69) is 0 Å². The molecular weight excluding hydrogens is 118 g/mol. The number of amides is 1. The van der Waals surface area contributed by atoms with Crippen molar-refractivity contribution in [1.82, 2.24) is 0 Å². The fourth-order valence-electron chi connectivity index (χ4n) is 0.475. The first-order valence-electron chi connectivity index (χ1n) is 2.76. The predicted molar refractivity (Wildman–Crippen MR) is 33.3 cm³/mol. The molecule has 0 aliphatic rings. The zero-order valence-corrected chi connectivity index (χ0v) is 5.31. The lowest BCUT2D eigenvalue weighted by molar-refractivity contribution is -0.114. The first kappa shape index (κ1) is 7.92. The Morgan fingerprint density at radius 1 is 1.67 bits per heavy atom. The summed E-state index contributed by atoms with van der Waals surface area (Å²) in [5.74, 6) is 0.834. The Hall–Kier alpha value is -1.08. The monoisotopic (exact) mass is 127 g/mol. The van der Waals surface area contributed by atoms with E-state index < -0.39 is 5.91 Å². The van der Waals surface area contributed by atoms with E-state index in [9.17, 15) is 9.59 Å². The van der Waals surface area contributed by atoms with Crippen LogP contribution in [0, 0.1) is 0 Å². The lowest BCUT2D eigenvalue weighted by Gasteiger charge is -1.90. The molecule has 0 fully saturated rings. The number of primary amides is 1. The predicted octanol–water partition coefficient (Wildman–Crippen LogP) is 0.0298. The second kappa shape index (κ2) is 3.87. The van der Waals surface area contributed by atoms with E-state index in [1.165, 1.54) is 5.94 Å². The summed E-state index contributed by atoms with van der Waals surface area (Å²) in [5, 5.41) is 0. The van der Waals surface area contributed by atoms with Gasteiger partial charge >= 0.3 is 0 Å². The maximum absolute atomic E-state index is 10.2. The number of nitrogens with two attached hydrogens (primary N) is 1. The van der Waals surface area contributed by atoms with Gasteiger partial charge in [0.15, 0.2) is 0 Å². The largest absolute Gasteiger partial charge is 0.365 e. The fourth-order valence-corrected chi connectivity index (χ4v) is 0.475. The second-order valence-corrected chi connectivity index (χ2v) is 1.69. The molecule has 0 radical (unpaired) electrons. The van der Waals surface area contributed by atoms with E-state index in [1.807, 2.05) is 6.92 Å². The molecule has 0 aliphatic heterocycles. The first-order valence-corrected chi connectivity index (χ1v) is 2.76. The highest BCUT2D eigenvalue weighted by Crippen LogP contribution is 1.97. The molecule has 0 rings (SSSR count). The van der Waals surface area contributed by atoms with Crippen LogP contribution in [-0.2, 0) is 9.59 Å². The Labute approximate surface area is 53.5 Å². The second-order valence-electron chi connectivity index (χ2n) is 1.69. The highest BCUT2D eigenvalue weighted by atomic mass is 16.1. The number of hydrogen-bond acceptors (Lipinski definition) is 2. The topological polar surface area (TPSA) is 60.2 Å². The van der Waals surface area contributed by atoms with Crippen LogP contribution in [-0.4, -0.2) is 11.8 Å². The molecule has 0 aliphatic carbocycles. The van der Waals surface area contributed by atoms with Gasteiger partial charge in [0.05, 0.1) is 0 Å². The van der Waals surface area contributed by atoms with E-state index in [0.29, 0.717) is 6.42 Å². The van der Waals surface area contributed by atoms with Crippen LogP contribution in [0.15, 0.2) is 5.57 Å². The highest BCUT2D eigenvalue weighted by molar-refractivity contribution is 5.99. The summed E-state index contributed by atoms with van der Waals surface area (Å²) in [5.41, 5.74) is 4.85. The van der Waals surface area contributed by atoms with Gasteiger partial charge < -0.3 is 5.73 Å². The molecule has 0 aromatic heterocycles. The van der Waals surface area contributed by atoms with Gasteiger partial charge in [0.2, 0.25) is 0 Å². The lowest BCUT2D eigenvalue weighted by Crippen LogP contribution is -2.14. The van der Waals surface area contributed by atoms with Gasteiger partial charge in [-0.05, 0) is 6.42 Å². The minimum absolute atomic E-state index is 0.0532. The molecule has 0 atom stereocenters. The van der Waals surface area contributed by atoms with Gasteiger partial charge in [-0.15, -0.1) is 0 Å². The molecule has 1 amide bonds. The Balaban J connectivity index is 4.02. The van der Waals surface area contributed by atoms with E-state index in [-0.39, 0.29) is 5.57 Å². The number of carbonyl (C=O) groups excluding carboxylic acids is 2. The third-order valence-corrected chi connectivity index (χ3v) is 0.921. The Kier molecular flexibility index (Phi) is 3.40. The SMILES string of the molecule is CCCC(=C=O)C(N)=O. The summed E-state index contributed by atoms with van der Waals surface area (Å²) in [6.07, 6.45) is 1.17. The van der Waals surface area contributed by atoms with Crippen molar-refractivity contribution in [2.24, 2.45) is 5.73 Å². The molecule has 0 heterocycles. The first-order chi connectivity index (χ1) is 4.22. The van der Waals surface area contributed by atoms with Crippen LogP contribution < -0.4 is 5.73 Å². The van der Waals surface area contributed by atoms with E-state index >= 15 is 0 Å². The van der Waals surface area contributed by atoms with Crippen LogP contribution in [0.3, 0.4) is 0 Å². The van der Waals surface area contributed by atoms with Gasteiger partial charge in [0.1, 0.15) is 11.5 Å². The fraction of sp³-hybridized carbons (Fsp3) is 0.500. The minimum Gasteiger partial charge on any atom is -0.365 e. The standard InChI is InChI=1S/C6H9NO2/c1-2-3-5(4-8)6(7)9/h2-3H2,1H3,(H2,7,9). The third-order valence-electron chi connectivity index (χ3n) is 0.921. The van der Waals surface area contributed by atoms with E-state index in [1.54, 1.807) is 0 Å². The lowest BCUT2D eigenvalue weighted by atomic mass is 10.2. The van der Waals surface area contributed by atoms with Crippen molar-refractivity contribution in [3.05, 3.63) is 5.57 Å². The van der Waals surface area contributed by atoms with E-state index in [4.69, 9.17) is 5.73 Å². The molecule has 2 N–H and O–H groups in total. The van der Waals surface area contributed by atoms with Crippen LogP contribution in [0.4, 0.5) is 0 Å². The molecule has 0 spiro atoms. The van der Waals surface area contributed by atoms with E-state index in [0.717, 1.165) is 6.42 Å². The van der Waals surface area contributed by atoms with Crippen LogP contribution in [0.1, 0.15) is 19.8 Å². The maximum atomic E-state index is 10.2. The zero-order valence-electron chi connectivity index (χ0n) is 5.31. The smallest absolute Gasteiger partial charge is 0.255 e. The van der Waals surface area contributed by atoms with Crippen molar-refractivity contribution < 1.29 is 9.59 Å². The van der Waals surface area contributed by atoms with Gasteiger partial charge in [-0.1, -0.05) is 13.3 Å². The van der Waals surface area contributed by atoms with Gasteiger partial charge in [-0.2, -0.15) is 0 Å². The molecule has 0 aromatic carbocycles. The van der Waals surface area contributed by atoms with Gasteiger partial charge in [0.25, 0.3) is 5.91 Å². The molecule has 3 nitrogen and oxygen atoms in total. The Morgan fingerprint density at radius 2 is 2.22 bits per heavy atom. The molecule has 0 unspecified atom stereocenters. The summed E-state index contributed by atoms with van der Waals surface area (Å²) >= 11 is 0. The normalized spacial score (nSPS) is 8.11. The third kappa shape index (κ3) is 2.67. The minimum atomic E-state index is -0.660. The highest BCUT2D eigenvalue weighted by Gasteiger charge is 2.02. The molecule has 0 saturated carbocycles. The van der Waals surface area contributed by atoms with Crippen molar-refractivity contribution in [3.63, 3.8) is 0 Å². The molecule has 0 bridgehead atoms. The molecule has 3 heteroatoms. The Bertz CT molecular complexity index is 156. The molecule has 0 saturated heterocycles. The van der Waals surface area contributed by atoms with Crippen LogP contribution in [0.25, 0.3) is 0 Å². The van der Waals surface area contributed by atoms with Crippen LogP contribution >= 0.6 is 0 Å². The summed E-state index contributed by atoms with van der Waals surface area (Å²) < 4.78 is 0. The zero-order chi connectivity index (χ0) is 7.28. The number of rotatable bonds is 3. The average molecular weight is 127 g/mol. The summed E-state index contributed by atoms with van der Waals surface area (Å²) in [6.45, 7) is 1.86. The maximum Gasteiger partial charge on any atom is 0.255 e.